The van der Waals surface area contributed by atoms with Gasteiger partial charge in [0.25, 0.3) is 5.92 Å². The standard InChI is InChI=1S/C17H21F2N3O2.ClH/c18-17(19)8-14(21-10-17)16(24)20-9-11-3-1-6-13(7-11)22-15(23)12-4-2-5-12;/h1,3,6-7,12,14,21H,2,4-5,8-10H2,(H,20,24)(H,22,23);1H. The number of rotatable bonds is 5. The lowest BCUT2D eigenvalue weighted by molar-refractivity contribution is -0.123. The first-order chi connectivity index (χ1) is 11.4. The first-order valence-corrected chi connectivity index (χ1v) is 8.22. The Hall–Kier alpha value is -1.73. The molecule has 2 aliphatic rings. The van der Waals surface area contributed by atoms with Crippen LogP contribution < -0.4 is 16.0 Å². The molecule has 2 fully saturated rings. The summed E-state index contributed by atoms with van der Waals surface area (Å²) in [6, 6.07) is 6.33. The summed E-state index contributed by atoms with van der Waals surface area (Å²) < 4.78 is 26.2. The zero-order valence-corrected chi connectivity index (χ0v) is 14.5. The van der Waals surface area contributed by atoms with Crippen LogP contribution in [-0.4, -0.2) is 30.3 Å². The Morgan fingerprint density at radius 3 is 2.60 bits per heavy atom. The third kappa shape index (κ3) is 5.12. The van der Waals surface area contributed by atoms with Gasteiger partial charge in [-0.3, -0.25) is 14.9 Å². The molecule has 1 unspecified atom stereocenters. The zero-order valence-electron chi connectivity index (χ0n) is 13.7. The van der Waals surface area contributed by atoms with Crippen LogP contribution in [0.25, 0.3) is 0 Å². The Labute approximate surface area is 151 Å². The van der Waals surface area contributed by atoms with E-state index in [0.717, 1.165) is 24.8 Å². The normalized spacial score (nSPS) is 21.8. The number of carbonyl (C=O) groups is 2. The number of anilines is 1. The molecule has 0 aromatic heterocycles. The minimum Gasteiger partial charge on any atom is -0.351 e. The fourth-order valence-electron chi connectivity index (χ4n) is 2.89. The lowest BCUT2D eigenvalue weighted by Crippen LogP contribution is -2.40. The molecule has 3 N–H and O–H groups in total. The van der Waals surface area contributed by atoms with Crippen LogP contribution in [0.1, 0.15) is 31.2 Å². The highest BCUT2D eigenvalue weighted by molar-refractivity contribution is 5.93. The number of nitrogens with one attached hydrogen (secondary N) is 3. The van der Waals surface area contributed by atoms with Crippen molar-refractivity contribution < 1.29 is 18.4 Å². The van der Waals surface area contributed by atoms with Crippen molar-refractivity contribution in [2.75, 3.05) is 11.9 Å². The molecule has 3 rings (SSSR count). The van der Waals surface area contributed by atoms with E-state index in [1.54, 1.807) is 18.2 Å². The van der Waals surface area contributed by atoms with Crippen molar-refractivity contribution in [3.05, 3.63) is 29.8 Å². The highest BCUT2D eigenvalue weighted by atomic mass is 35.5. The van der Waals surface area contributed by atoms with Crippen molar-refractivity contribution in [3.63, 3.8) is 0 Å². The van der Waals surface area contributed by atoms with E-state index in [1.807, 2.05) is 6.07 Å². The van der Waals surface area contributed by atoms with Gasteiger partial charge in [0.2, 0.25) is 11.8 Å². The van der Waals surface area contributed by atoms with Crippen molar-refractivity contribution >= 4 is 29.9 Å². The van der Waals surface area contributed by atoms with Gasteiger partial charge in [0.15, 0.2) is 0 Å². The molecule has 5 nitrogen and oxygen atoms in total. The minimum atomic E-state index is -2.83. The average Bonchev–Trinajstić information content (AvgIpc) is 2.83. The number of alkyl halides is 2. The maximum atomic E-state index is 13.1. The molecular formula is C17H22ClF2N3O2. The van der Waals surface area contributed by atoms with Crippen molar-refractivity contribution in [2.45, 2.75) is 44.2 Å². The molecule has 1 atom stereocenters. The van der Waals surface area contributed by atoms with Crippen molar-refractivity contribution in [1.29, 1.82) is 0 Å². The SMILES string of the molecule is Cl.O=C(Nc1cccc(CNC(=O)C2CC(F)(F)CN2)c1)C1CCC1. The summed E-state index contributed by atoms with van der Waals surface area (Å²) in [4.78, 5) is 23.9. The van der Waals surface area contributed by atoms with Gasteiger partial charge in [-0.1, -0.05) is 18.6 Å². The minimum absolute atomic E-state index is 0. The molecule has 1 aromatic rings. The molecule has 138 valence electrons. The van der Waals surface area contributed by atoms with Gasteiger partial charge in [0.1, 0.15) is 0 Å². The molecule has 8 heteroatoms. The van der Waals surface area contributed by atoms with E-state index in [-0.39, 0.29) is 30.8 Å². The van der Waals surface area contributed by atoms with E-state index in [1.165, 1.54) is 0 Å². The number of carbonyl (C=O) groups excluding carboxylic acids is 2. The van der Waals surface area contributed by atoms with E-state index in [9.17, 15) is 18.4 Å². The summed E-state index contributed by atoms with van der Waals surface area (Å²) in [5, 5.41) is 8.06. The fourth-order valence-corrected chi connectivity index (χ4v) is 2.89. The predicted molar refractivity (Wildman–Crippen MR) is 92.9 cm³/mol. The second kappa shape index (κ2) is 8.10. The molecular weight excluding hydrogens is 352 g/mol. The predicted octanol–water partition coefficient (Wildman–Crippen LogP) is 2.46. The summed E-state index contributed by atoms with van der Waals surface area (Å²) in [6.45, 7) is -0.233. The maximum Gasteiger partial charge on any atom is 0.262 e. The van der Waals surface area contributed by atoms with E-state index < -0.39 is 30.8 Å². The third-order valence-electron chi connectivity index (χ3n) is 4.56. The van der Waals surface area contributed by atoms with Crippen LogP contribution in [0.3, 0.4) is 0 Å². The van der Waals surface area contributed by atoms with E-state index in [0.29, 0.717) is 5.69 Å². The van der Waals surface area contributed by atoms with Crippen LogP contribution in [0.5, 0.6) is 0 Å². The van der Waals surface area contributed by atoms with Crippen molar-refractivity contribution in [2.24, 2.45) is 5.92 Å². The molecule has 0 bridgehead atoms. The van der Waals surface area contributed by atoms with Crippen LogP contribution in [-0.2, 0) is 16.1 Å². The Morgan fingerprint density at radius 2 is 2.00 bits per heavy atom. The van der Waals surface area contributed by atoms with E-state index in [4.69, 9.17) is 0 Å². The Morgan fingerprint density at radius 1 is 1.24 bits per heavy atom. The summed E-state index contributed by atoms with van der Waals surface area (Å²) >= 11 is 0. The van der Waals surface area contributed by atoms with Gasteiger partial charge < -0.3 is 10.6 Å². The lowest BCUT2D eigenvalue weighted by atomic mass is 9.85. The molecule has 0 spiro atoms. The number of amides is 2. The quantitative estimate of drug-likeness (QED) is 0.742. The molecule has 0 radical (unpaired) electrons. The summed E-state index contributed by atoms with van der Waals surface area (Å²) in [5.41, 5.74) is 1.49. The molecule has 1 aliphatic heterocycles. The topological polar surface area (TPSA) is 70.2 Å². The molecule has 1 saturated carbocycles. The molecule has 1 aromatic carbocycles. The number of halogens is 3. The Kier molecular flexibility index (Phi) is 6.35. The van der Waals surface area contributed by atoms with Gasteiger partial charge in [-0.05, 0) is 30.5 Å². The number of benzene rings is 1. The zero-order chi connectivity index (χ0) is 17.2. The van der Waals surface area contributed by atoms with Crippen LogP contribution >= 0.6 is 12.4 Å². The maximum absolute atomic E-state index is 13.1. The summed E-state index contributed by atoms with van der Waals surface area (Å²) in [6.07, 6.45) is 2.48. The van der Waals surface area contributed by atoms with Gasteiger partial charge in [0, 0.05) is 24.6 Å². The van der Waals surface area contributed by atoms with Gasteiger partial charge >= 0.3 is 0 Å². The van der Waals surface area contributed by atoms with Crippen LogP contribution in [0.2, 0.25) is 0 Å². The summed E-state index contributed by atoms with van der Waals surface area (Å²) in [5.74, 6) is -3.13. The van der Waals surface area contributed by atoms with Crippen LogP contribution in [0.4, 0.5) is 14.5 Å². The Bertz CT molecular complexity index is 638. The van der Waals surface area contributed by atoms with Crippen LogP contribution in [0.15, 0.2) is 24.3 Å². The smallest absolute Gasteiger partial charge is 0.262 e. The molecule has 1 saturated heterocycles. The van der Waals surface area contributed by atoms with Crippen molar-refractivity contribution in [3.8, 4) is 0 Å². The highest BCUT2D eigenvalue weighted by Gasteiger charge is 2.42. The van der Waals surface area contributed by atoms with Crippen LogP contribution in [0, 0.1) is 5.92 Å². The van der Waals surface area contributed by atoms with E-state index >= 15 is 0 Å². The first kappa shape index (κ1) is 19.6. The van der Waals surface area contributed by atoms with E-state index in [2.05, 4.69) is 16.0 Å². The third-order valence-corrected chi connectivity index (χ3v) is 4.56. The molecule has 1 aliphatic carbocycles. The average molecular weight is 374 g/mol. The van der Waals surface area contributed by atoms with Crippen molar-refractivity contribution in [1.82, 2.24) is 10.6 Å². The van der Waals surface area contributed by atoms with Gasteiger partial charge in [-0.25, -0.2) is 8.78 Å². The first-order valence-electron chi connectivity index (χ1n) is 8.22. The Balaban J connectivity index is 0.00000225. The second-order valence-electron chi connectivity index (χ2n) is 6.53. The largest absolute Gasteiger partial charge is 0.351 e. The highest BCUT2D eigenvalue weighted by Crippen LogP contribution is 2.28. The molecule has 25 heavy (non-hydrogen) atoms. The second-order valence-corrected chi connectivity index (χ2v) is 6.53. The number of hydrogen-bond donors (Lipinski definition) is 3. The molecule has 2 amide bonds. The van der Waals surface area contributed by atoms with Gasteiger partial charge in [-0.2, -0.15) is 0 Å². The summed E-state index contributed by atoms with van der Waals surface area (Å²) in [7, 11) is 0. The fraction of sp³-hybridized carbons (Fsp3) is 0.529. The monoisotopic (exact) mass is 373 g/mol. The van der Waals surface area contributed by atoms with Gasteiger partial charge in [0.05, 0.1) is 12.6 Å². The van der Waals surface area contributed by atoms with Gasteiger partial charge in [-0.15, -0.1) is 12.4 Å². The lowest BCUT2D eigenvalue weighted by Gasteiger charge is -2.24. The molecule has 1 heterocycles. The number of hydrogen-bond acceptors (Lipinski definition) is 3.